The summed E-state index contributed by atoms with van der Waals surface area (Å²) in [6.45, 7) is 2.15. The number of nitrogens with one attached hydrogen (secondary N) is 1. The van der Waals surface area contributed by atoms with E-state index in [2.05, 4.69) is 39.6 Å². The van der Waals surface area contributed by atoms with Gasteiger partial charge in [0.1, 0.15) is 5.52 Å². The first-order chi connectivity index (χ1) is 10.0. The maximum absolute atomic E-state index is 6.05. The van der Waals surface area contributed by atoms with Crippen LogP contribution in [0.4, 0.5) is 0 Å². The lowest BCUT2D eigenvalue weighted by atomic mass is 10.2. The summed E-state index contributed by atoms with van der Waals surface area (Å²) in [7, 11) is 1.95. The Morgan fingerprint density at radius 1 is 1.43 bits per heavy atom. The summed E-state index contributed by atoms with van der Waals surface area (Å²) in [4.78, 5) is 3.30. The van der Waals surface area contributed by atoms with Crippen molar-refractivity contribution in [3.05, 3.63) is 37.3 Å². The van der Waals surface area contributed by atoms with E-state index >= 15 is 0 Å². The number of aromatic nitrogens is 4. The number of halogens is 2. The molecule has 3 rings (SSSR count). The molecule has 0 aliphatic rings. The van der Waals surface area contributed by atoms with Gasteiger partial charge in [-0.2, -0.15) is 5.10 Å². The SMILES string of the molecule is CCCc1nn(C)c2c1[nH]c(=S)n2-c1ccc(Cl)cc1I. The molecule has 0 spiro atoms. The quantitative estimate of drug-likeness (QED) is 0.484. The summed E-state index contributed by atoms with van der Waals surface area (Å²) in [5, 5.41) is 5.32. The van der Waals surface area contributed by atoms with Gasteiger partial charge in [0.2, 0.25) is 0 Å². The molecule has 21 heavy (non-hydrogen) atoms. The van der Waals surface area contributed by atoms with Crippen molar-refractivity contribution in [2.24, 2.45) is 7.05 Å². The molecule has 0 aliphatic heterocycles. The molecule has 1 aromatic carbocycles. The number of hydrogen-bond donors (Lipinski definition) is 1. The molecule has 2 heterocycles. The van der Waals surface area contributed by atoms with E-state index in [1.165, 1.54) is 0 Å². The summed E-state index contributed by atoms with van der Waals surface area (Å²) in [5.41, 5.74) is 4.09. The minimum absolute atomic E-state index is 0.676. The van der Waals surface area contributed by atoms with E-state index in [1.54, 1.807) is 0 Å². The van der Waals surface area contributed by atoms with E-state index in [-0.39, 0.29) is 0 Å². The molecule has 0 bridgehead atoms. The molecule has 3 aromatic rings. The van der Waals surface area contributed by atoms with Gasteiger partial charge >= 0.3 is 0 Å². The minimum Gasteiger partial charge on any atom is -0.327 e. The molecule has 0 amide bonds. The highest BCUT2D eigenvalue weighted by Gasteiger charge is 2.17. The Bertz CT molecular complexity index is 877. The second kappa shape index (κ2) is 5.73. The van der Waals surface area contributed by atoms with Gasteiger partial charge in [-0.15, -0.1) is 0 Å². The van der Waals surface area contributed by atoms with Gasteiger partial charge in [-0.1, -0.05) is 24.9 Å². The Labute approximate surface area is 146 Å². The third-order valence-electron chi connectivity index (χ3n) is 3.37. The largest absolute Gasteiger partial charge is 0.327 e. The van der Waals surface area contributed by atoms with E-state index in [9.17, 15) is 0 Å². The summed E-state index contributed by atoms with van der Waals surface area (Å²) < 4.78 is 5.64. The van der Waals surface area contributed by atoms with Gasteiger partial charge in [0.25, 0.3) is 0 Å². The molecule has 4 nitrogen and oxygen atoms in total. The van der Waals surface area contributed by atoms with E-state index in [4.69, 9.17) is 23.8 Å². The smallest absolute Gasteiger partial charge is 0.184 e. The molecular weight excluding hydrogens is 419 g/mol. The number of H-pyrrole nitrogens is 1. The fraction of sp³-hybridized carbons (Fsp3) is 0.286. The van der Waals surface area contributed by atoms with Crippen molar-refractivity contribution in [3.63, 3.8) is 0 Å². The van der Waals surface area contributed by atoms with E-state index in [1.807, 2.05) is 34.5 Å². The third kappa shape index (κ3) is 2.53. The van der Waals surface area contributed by atoms with Gasteiger partial charge in [-0.25, -0.2) is 4.68 Å². The van der Waals surface area contributed by atoms with Crippen LogP contribution in [0.5, 0.6) is 0 Å². The van der Waals surface area contributed by atoms with Gasteiger partial charge in [0, 0.05) is 15.6 Å². The van der Waals surface area contributed by atoms with Crippen LogP contribution in [0.1, 0.15) is 19.0 Å². The molecule has 0 aliphatic carbocycles. The molecule has 0 fully saturated rings. The molecular formula is C14H14ClIN4S. The molecule has 2 aromatic heterocycles. The Kier molecular flexibility index (Phi) is 4.11. The molecule has 0 unspecified atom stereocenters. The molecule has 0 radical (unpaired) electrons. The highest BCUT2D eigenvalue weighted by atomic mass is 127. The number of imidazole rings is 1. The number of rotatable bonds is 3. The third-order valence-corrected chi connectivity index (χ3v) is 4.76. The second-order valence-corrected chi connectivity index (χ2v) is 6.87. The summed E-state index contributed by atoms with van der Waals surface area (Å²) in [5.74, 6) is 0. The Balaban J connectivity index is 2.32. The van der Waals surface area contributed by atoms with Crippen molar-refractivity contribution in [1.29, 1.82) is 0 Å². The lowest BCUT2D eigenvalue weighted by molar-refractivity contribution is 0.735. The fourth-order valence-corrected chi connectivity index (χ4v) is 3.91. The zero-order valence-electron chi connectivity index (χ0n) is 11.7. The molecule has 110 valence electrons. The first kappa shape index (κ1) is 15.1. The van der Waals surface area contributed by atoms with Crippen LogP contribution in [-0.2, 0) is 13.5 Å². The second-order valence-electron chi connectivity index (χ2n) is 4.88. The average Bonchev–Trinajstić information content (AvgIpc) is 2.89. The molecule has 1 N–H and O–H groups in total. The van der Waals surface area contributed by atoms with Gasteiger partial charge in [0.05, 0.1) is 11.4 Å². The summed E-state index contributed by atoms with van der Waals surface area (Å²) in [6, 6.07) is 5.80. The van der Waals surface area contributed by atoms with Crippen molar-refractivity contribution < 1.29 is 0 Å². The van der Waals surface area contributed by atoms with Crippen LogP contribution in [0.25, 0.3) is 16.9 Å². The minimum atomic E-state index is 0.676. The number of nitrogens with zero attached hydrogens (tertiary/aromatic N) is 3. The van der Waals surface area contributed by atoms with Crippen molar-refractivity contribution in [3.8, 4) is 5.69 Å². The van der Waals surface area contributed by atoms with Crippen LogP contribution in [-0.4, -0.2) is 19.3 Å². The Hall–Kier alpha value is -0.860. The number of aromatic amines is 1. The van der Waals surface area contributed by atoms with E-state index in [0.717, 1.165) is 44.0 Å². The summed E-state index contributed by atoms with van der Waals surface area (Å²) in [6.07, 6.45) is 1.99. The first-order valence-corrected chi connectivity index (χ1v) is 8.51. The van der Waals surface area contributed by atoms with E-state index in [0.29, 0.717) is 4.77 Å². The van der Waals surface area contributed by atoms with Gasteiger partial charge in [-0.05, 0) is 59.4 Å². The zero-order valence-corrected chi connectivity index (χ0v) is 15.4. The zero-order chi connectivity index (χ0) is 15.1. The Morgan fingerprint density at radius 3 is 2.86 bits per heavy atom. The van der Waals surface area contributed by atoms with Crippen LogP contribution in [0.2, 0.25) is 5.02 Å². The topological polar surface area (TPSA) is 38.5 Å². The molecule has 0 atom stereocenters. The Morgan fingerprint density at radius 2 is 2.19 bits per heavy atom. The lowest BCUT2D eigenvalue weighted by Crippen LogP contribution is -2.02. The van der Waals surface area contributed by atoms with Crippen LogP contribution in [0, 0.1) is 8.34 Å². The normalized spacial score (nSPS) is 11.4. The highest BCUT2D eigenvalue weighted by molar-refractivity contribution is 14.1. The van der Waals surface area contributed by atoms with Crippen molar-refractivity contribution in [1.82, 2.24) is 19.3 Å². The highest BCUT2D eigenvalue weighted by Crippen LogP contribution is 2.27. The van der Waals surface area contributed by atoms with Crippen LogP contribution in [0.3, 0.4) is 0 Å². The fourth-order valence-electron chi connectivity index (χ4n) is 2.51. The molecule has 0 saturated carbocycles. The number of hydrogen-bond acceptors (Lipinski definition) is 2. The predicted octanol–water partition coefficient (Wildman–Crippen LogP) is 4.63. The van der Waals surface area contributed by atoms with Crippen molar-refractivity contribution in [2.75, 3.05) is 0 Å². The van der Waals surface area contributed by atoms with Gasteiger partial charge in [-0.3, -0.25) is 4.57 Å². The van der Waals surface area contributed by atoms with Gasteiger partial charge < -0.3 is 4.98 Å². The summed E-state index contributed by atoms with van der Waals surface area (Å²) >= 11 is 13.8. The van der Waals surface area contributed by atoms with Crippen molar-refractivity contribution in [2.45, 2.75) is 19.8 Å². The number of aryl methyl sites for hydroxylation is 2. The van der Waals surface area contributed by atoms with Gasteiger partial charge in [0.15, 0.2) is 10.4 Å². The first-order valence-electron chi connectivity index (χ1n) is 6.65. The van der Waals surface area contributed by atoms with Crippen LogP contribution >= 0.6 is 46.4 Å². The average molecular weight is 433 g/mol. The van der Waals surface area contributed by atoms with Crippen molar-refractivity contribution >= 4 is 57.6 Å². The molecule has 7 heteroatoms. The van der Waals surface area contributed by atoms with E-state index < -0.39 is 0 Å². The maximum atomic E-state index is 6.05. The number of fused-ring (bicyclic) bond motifs is 1. The monoisotopic (exact) mass is 432 g/mol. The lowest BCUT2D eigenvalue weighted by Gasteiger charge is -2.07. The molecule has 0 saturated heterocycles. The maximum Gasteiger partial charge on any atom is 0.184 e. The van der Waals surface area contributed by atoms with Crippen LogP contribution in [0.15, 0.2) is 18.2 Å². The standard InChI is InChI=1S/C14H14ClIN4S/c1-3-4-10-12-13(19(2)18-10)20(14(21)17-12)11-6-5-8(15)7-9(11)16/h5-7H,3-4H2,1-2H3,(H,17,21). The number of benzene rings is 1. The van der Waals surface area contributed by atoms with Crippen LogP contribution < -0.4 is 0 Å². The predicted molar refractivity (Wildman–Crippen MR) is 96.9 cm³/mol.